The van der Waals surface area contributed by atoms with Gasteiger partial charge in [0.15, 0.2) is 0 Å². The lowest BCUT2D eigenvalue weighted by Gasteiger charge is -2.31. The summed E-state index contributed by atoms with van der Waals surface area (Å²) in [6.45, 7) is 1.99. The summed E-state index contributed by atoms with van der Waals surface area (Å²) in [5.74, 6) is 1.53. The van der Waals surface area contributed by atoms with Crippen molar-refractivity contribution < 1.29 is 9.05 Å². The zero-order valence-electron chi connectivity index (χ0n) is 12.6. The fraction of sp³-hybridized carbons (Fsp3) is 0.294. The standard InChI is InChI=1S/C17H18Cl2NO2P/c18-14-4-8-16(9-5-14)21-23(20-12-2-1-3-13-20)22-17-10-6-15(19)7-11-17/h4-11H,1-3,12-13H2. The number of rotatable bonds is 5. The van der Waals surface area contributed by atoms with Gasteiger partial charge >= 0.3 is 8.53 Å². The first kappa shape index (κ1) is 16.9. The summed E-state index contributed by atoms with van der Waals surface area (Å²) in [6, 6.07) is 14.8. The van der Waals surface area contributed by atoms with Crippen LogP contribution in [0.4, 0.5) is 0 Å². The van der Waals surface area contributed by atoms with E-state index in [0.717, 1.165) is 24.6 Å². The smallest absolute Gasteiger partial charge is 0.384 e. The number of nitrogens with zero attached hydrogens (tertiary/aromatic N) is 1. The zero-order chi connectivity index (χ0) is 16.1. The quantitative estimate of drug-likeness (QED) is 0.588. The number of piperidine rings is 1. The predicted octanol–water partition coefficient (Wildman–Crippen LogP) is 6.16. The molecule has 0 atom stereocenters. The van der Waals surface area contributed by atoms with Crippen LogP contribution in [0.2, 0.25) is 10.0 Å². The summed E-state index contributed by atoms with van der Waals surface area (Å²) in [5, 5.41) is 1.39. The Hall–Kier alpha value is -0.990. The molecule has 0 N–H and O–H groups in total. The van der Waals surface area contributed by atoms with E-state index in [-0.39, 0.29) is 0 Å². The van der Waals surface area contributed by atoms with E-state index >= 15 is 0 Å². The van der Waals surface area contributed by atoms with Gasteiger partial charge in [0.25, 0.3) is 0 Å². The van der Waals surface area contributed by atoms with Crippen LogP contribution >= 0.6 is 31.7 Å². The molecule has 2 aromatic carbocycles. The van der Waals surface area contributed by atoms with Crippen LogP contribution in [-0.4, -0.2) is 17.8 Å². The van der Waals surface area contributed by atoms with Crippen LogP contribution in [-0.2, 0) is 0 Å². The summed E-state index contributed by atoms with van der Waals surface area (Å²) in [4.78, 5) is 0. The second-order valence-corrected chi connectivity index (χ2v) is 7.62. The monoisotopic (exact) mass is 369 g/mol. The Morgan fingerprint density at radius 3 is 1.57 bits per heavy atom. The van der Waals surface area contributed by atoms with Crippen molar-refractivity contribution in [1.82, 2.24) is 4.67 Å². The molecule has 1 aliphatic rings. The summed E-state index contributed by atoms with van der Waals surface area (Å²) < 4.78 is 14.5. The van der Waals surface area contributed by atoms with E-state index in [4.69, 9.17) is 32.2 Å². The van der Waals surface area contributed by atoms with E-state index in [1.165, 1.54) is 19.3 Å². The first-order chi connectivity index (χ1) is 11.2. The molecule has 0 spiro atoms. The van der Waals surface area contributed by atoms with Crippen LogP contribution in [0.1, 0.15) is 19.3 Å². The molecule has 1 saturated heterocycles. The number of hydrogen-bond donors (Lipinski definition) is 0. The largest absolute Gasteiger partial charge is 0.427 e. The molecular weight excluding hydrogens is 352 g/mol. The SMILES string of the molecule is Clc1ccc(OP(Oc2ccc(Cl)cc2)N2CCCCC2)cc1. The van der Waals surface area contributed by atoms with Crippen molar-refractivity contribution in [2.24, 2.45) is 0 Å². The second-order valence-electron chi connectivity index (χ2n) is 5.34. The van der Waals surface area contributed by atoms with Gasteiger partial charge in [-0.05, 0) is 61.4 Å². The maximum Gasteiger partial charge on any atom is 0.384 e. The predicted molar refractivity (Wildman–Crippen MR) is 96.5 cm³/mol. The third kappa shape index (κ3) is 4.99. The van der Waals surface area contributed by atoms with Crippen LogP contribution in [0, 0.1) is 0 Å². The van der Waals surface area contributed by atoms with Crippen molar-refractivity contribution in [3.05, 3.63) is 58.6 Å². The van der Waals surface area contributed by atoms with Crippen LogP contribution in [0.25, 0.3) is 0 Å². The topological polar surface area (TPSA) is 21.7 Å². The van der Waals surface area contributed by atoms with Gasteiger partial charge in [-0.25, -0.2) is 4.67 Å². The molecule has 0 radical (unpaired) electrons. The van der Waals surface area contributed by atoms with Gasteiger partial charge in [-0.3, -0.25) is 0 Å². The molecule has 6 heteroatoms. The average Bonchev–Trinajstić information content (AvgIpc) is 2.59. The Labute approximate surface area is 148 Å². The minimum atomic E-state index is -1.20. The van der Waals surface area contributed by atoms with Gasteiger partial charge in [-0.2, -0.15) is 0 Å². The Bertz CT molecular complexity index is 568. The highest BCUT2D eigenvalue weighted by Crippen LogP contribution is 2.45. The van der Waals surface area contributed by atoms with Crippen molar-refractivity contribution in [3.8, 4) is 11.5 Å². The second kappa shape index (κ2) is 8.21. The van der Waals surface area contributed by atoms with Crippen LogP contribution in [0.3, 0.4) is 0 Å². The minimum absolute atomic E-state index is 0.693. The van der Waals surface area contributed by atoms with E-state index < -0.39 is 8.53 Å². The summed E-state index contributed by atoms with van der Waals surface area (Å²) in [5.41, 5.74) is 0. The average molecular weight is 370 g/mol. The maximum atomic E-state index is 6.12. The van der Waals surface area contributed by atoms with Crippen molar-refractivity contribution in [2.75, 3.05) is 13.1 Å². The van der Waals surface area contributed by atoms with E-state index in [9.17, 15) is 0 Å². The molecule has 0 amide bonds. The molecule has 122 valence electrons. The molecule has 0 unspecified atom stereocenters. The van der Waals surface area contributed by atoms with Crippen molar-refractivity contribution in [1.29, 1.82) is 0 Å². The molecule has 2 aromatic rings. The molecule has 3 rings (SSSR count). The highest BCUT2D eigenvalue weighted by Gasteiger charge is 2.26. The van der Waals surface area contributed by atoms with Gasteiger partial charge in [0.2, 0.25) is 0 Å². The maximum absolute atomic E-state index is 6.12. The van der Waals surface area contributed by atoms with E-state index in [1.807, 2.05) is 48.5 Å². The highest BCUT2D eigenvalue weighted by atomic mass is 35.5. The van der Waals surface area contributed by atoms with Gasteiger partial charge in [0.05, 0.1) is 0 Å². The number of hydrogen-bond acceptors (Lipinski definition) is 3. The van der Waals surface area contributed by atoms with Gasteiger partial charge < -0.3 is 9.05 Å². The van der Waals surface area contributed by atoms with E-state index in [2.05, 4.69) is 4.67 Å². The molecule has 3 nitrogen and oxygen atoms in total. The first-order valence-corrected chi connectivity index (χ1v) is 9.51. The van der Waals surface area contributed by atoms with Gasteiger partial charge in [-0.1, -0.05) is 29.6 Å². The molecular formula is C17H18Cl2NO2P. The summed E-state index contributed by atoms with van der Waals surface area (Å²) >= 11 is 11.9. The number of halogens is 2. The zero-order valence-corrected chi connectivity index (χ0v) is 15.0. The molecule has 1 aliphatic heterocycles. The van der Waals surface area contributed by atoms with Gasteiger partial charge in [0.1, 0.15) is 11.5 Å². The normalized spacial score (nSPS) is 15.6. The van der Waals surface area contributed by atoms with Gasteiger partial charge in [-0.15, -0.1) is 0 Å². The van der Waals surface area contributed by atoms with Crippen LogP contribution < -0.4 is 9.05 Å². The van der Waals surface area contributed by atoms with E-state index in [1.54, 1.807) is 0 Å². The molecule has 0 bridgehead atoms. The molecule has 0 aliphatic carbocycles. The van der Waals surface area contributed by atoms with Crippen molar-refractivity contribution in [3.63, 3.8) is 0 Å². The third-order valence-electron chi connectivity index (χ3n) is 3.56. The molecule has 0 saturated carbocycles. The molecule has 1 fully saturated rings. The Balaban J connectivity index is 1.74. The minimum Gasteiger partial charge on any atom is -0.427 e. The highest BCUT2D eigenvalue weighted by molar-refractivity contribution is 7.45. The third-order valence-corrected chi connectivity index (χ3v) is 5.66. The lowest BCUT2D eigenvalue weighted by molar-refractivity contribution is 0.307. The number of benzene rings is 2. The Morgan fingerprint density at radius 2 is 1.13 bits per heavy atom. The lowest BCUT2D eigenvalue weighted by atomic mass is 10.2. The van der Waals surface area contributed by atoms with Crippen molar-refractivity contribution in [2.45, 2.75) is 19.3 Å². The Kier molecular flexibility index (Phi) is 6.02. The Morgan fingerprint density at radius 1 is 0.696 bits per heavy atom. The van der Waals surface area contributed by atoms with E-state index in [0.29, 0.717) is 10.0 Å². The summed E-state index contributed by atoms with van der Waals surface area (Å²) in [6.07, 6.45) is 3.61. The fourth-order valence-corrected chi connectivity index (χ4v) is 4.08. The van der Waals surface area contributed by atoms with Crippen molar-refractivity contribution >= 4 is 31.7 Å². The lowest BCUT2D eigenvalue weighted by Crippen LogP contribution is -2.28. The van der Waals surface area contributed by atoms with Gasteiger partial charge in [0, 0.05) is 23.1 Å². The molecule has 1 heterocycles. The fourth-order valence-electron chi connectivity index (χ4n) is 2.35. The molecule has 0 aromatic heterocycles. The first-order valence-electron chi connectivity index (χ1n) is 7.63. The summed E-state index contributed by atoms with van der Waals surface area (Å²) in [7, 11) is -1.20. The van der Waals surface area contributed by atoms with Crippen LogP contribution in [0.5, 0.6) is 11.5 Å². The molecule has 23 heavy (non-hydrogen) atoms. The van der Waals surface area contributed by atoms with Crippen LogP contribution in [0.15, 0.2) is 48.5 Å².